The predicted octanol–water partition coefficient (Wildman–Crippen LogP) is 4.28. The number of fused-ring (bicyclic) bond motifs is 1. The van der Waals surface area contributed by atoms with Gasteiger partial charge in [-0.1, -0.05) is 39.8 Å². The number of benzene rings is 1. The molecule has 1 aromatic carbocycles. The molecule has 1 saturated heterocycles. The Labute approximate surface area is 190 Å². The number of aromatic nitrogens is 1. The Morgan fingerprint density at radius 3 is 2.48 bits per heavy atom. The topological polar surface area (TPSA) is 68.6 Å². The van der Waals surface area contributed by atoms with Crippen LogP contribution in [0.25, 0.3) is 11.3 Å². The highest BCUT2D eigenvalue weighted by molar-refractivity contribution is 7.14. The van der Waals surface area contributed by atoms with Gasteiger partial charge in [0, 0.05) is 36.5 Å². The van der Waals surface area contributed by atoms with Crippen molar-refractivity contribution >= 4 is 16.5 Å². The average molecular weight is 444 g/mol. The molecule has 1 atom stereocenters. The first-order valence-electron chi connectivity index (χ1n) is 11.6. The summed E-state index contributed by atoms with van der Waals surface area (Å²) in [6.45, 7) is 11.8. The molecular weight excluding hydrogens is 406 g/mol. The van der Waals surface area contributed by atoms with Crippen LogP contribution in [-0.4, -0.2) is 47.7 Å². The fourth-order valence-corrected chi connectivity index (χ4v) is 5.96. The molecule has 2 aromatic rings. The fraction of sp³-hybridized carbons (Fsp3) is 0.640. The highest BCUT2D eigenvalue weighted by atomic mass is 32.1. The number of aliphatic hydroxyl groups excluding tert-OH is 2. The minimum absolute atomic E-state index is 0.0508. The molecule has 5 nitrogen and oxygen atoms in total. The summed E-state index contributed by atoms with van der Waals surface area (Å²) in [6, 6.07) is 6.96. The number of piperidine rings is 1. The Hall–Kier alpha value is -1.47. The van der Waals surface area contributed by atoms with Gasteiger partial charge in [-0.05, 0) is 53.7 Å². The van der Waals surface area contributed by atoms with E-state index in [1.807, 2.05) is 0 Å². The molecule has 1 aliphatic carbocycles. The number of thiazole rings is 1. The van der Waals surface area contributed by atoms with Gasteiger partial charge in [0.05, 0.1) is 12.3 Å². The third kappa shape index (κ3) is 4.68. The second kappa shape index (κ2) is 8.81. The molecule has 1 aromatic heterocycles. The number of rotatable bonds is 6. The van der Waals surface area contributed by atoms with Crippen molar-refractivity contribution < 1.29 is 10.2 Å². The summed E-state index contributed by atoms with van der Waals surface area (Å²) in [7, 11) is 0. The molecule has 0 bridgehead atoms. The summed E-state index contributed by atoms with van der Waals surface area (Å²) in [6.07, 6.45) is 3.76. The van der Waals surface area contributed by atoms with Gasteiger partial charge in [0.25, 0.3) is 0 Å². The molecule has 3 N–H and O–H groups in total. The quantitative estimate of drug-likeness (QED) is 0.582. The van der Waals surface area contributed by atoms with Gasteiger partial charge in [-0.15, -0.1) is 11.3 Å². The summed E-state index contributed by atoms with van der Waals surface area (Å²) < 4.78 is 0. The van der Waals surface area contributed by atoms with Crippen molar-refractivity contribution in [2.24, 2.45) is 5.92 Å². The highest BCUT2D eigenvalue weighted by Gasteiger charge is 2.37. The van der Waals surface area contributed by atoms with E-state index in [1.54, 1.807) is 11.3 Å². The van der Waals surface area contributed by atoms with Gasteiger partial charge in [-0.2, -0.15) is 0 Å². The smallest absolute Gasteiger partial charge is 0.185 e. The van der Waals surface area contributed by atoms with E-state index in [-0.39, 0.29) is 23.4 Å². The summed E-state index contributed by atoms with van der Waals surface area (Å²) >= 11 is 1.72. The van der Waals surface area contributed by atoms with Gasteiger partial charge in [-0.25, -0.2) is 4.98 Å². The maximum Gasteiger partial charge on any atom is 0.185 e. The molecule has 2 aliphatic rings. The Bertz CT molecular complexity index is 900. The summed E-state index contributed by atoms with van der Waals surface area (Å²) in [5, 5.41) is 25.4. The monoisotopic (exact) mass is 443 g/mol. The lowest BCUT2D eigenvalue weighted by Gasteiger charge is -2.42. The minimum atomic E-state index is -0.538. The third-order valence-electron chi connectivity index (χ3n) is 7.36. The minimum Gasteiger partial charge on any atom is -0.395 e. The van der Waals surface area contributed by atoms with E-state index in [2.05, 4.69) is 61.5 Å². The van der Waals surface area contributed by atoms with E-state index in [0.29, 0.717) is 6.54 Å². The number of nitrogens with one attached hydrogen (secondary N) is 1. The summed E-state index contributed by atoms with van der Waals surface area (Å²) in [5.41, 5.74) is 5.67. The number of aliphatic hydroxyl groups is 2. The van der Waals surface area contributed by atoms with Crippen LogP contribution < -0.4 is 10.2 Å². The molecule has 1 unspecified atom stereocenters. The SMILES string of the molecule is CC1(C)CCC(C)(C)c2cc(-c3csc(N4CCC(C(O)NCCO)CC4)n3)ccc21. The molecule has 170 valence electrons. The summed E-state index contributed by atoms with van der Waals surface area (Å²) in [4.78, 5) is 7.33. The first kappa shape index (κ1) is 22.7. The largest absolute Gasteiger partial charge is 0.395 e. The Morgan fingerprint density at radius 1 is 1.13 bits per heavy atom. The van der Waals surface area contributed by atoms with Crippen molar-refractivity contribution in [1.82, 2.24) is 10.3 Å². The number of hydrogen-bond acceptors (Lipinski definition) is 6. The van der Waals surface area contributed by atoms with E-state index in [4.69, 9.17) is 10.1 Å². The van der Waals surface area contributed by atoms with Crippen LogP contribution in [0.5, 0.6) is 0 Å². The molecular formula is C25H37N3O2S. The van der Waals surface area contributed by atoms with Gasteiger partial charge in [0.2, 0.25) is 0 Å². The van der Waals surface area contributed by atoms with Crippen LogP contribution >= 0.6 is 11.3 Å². The van der Waals surface area contributed by atoms with Crippen LogP contribution in [0, 0.1) is 5.92 Å². The molecule has 0 radical (unpaired) electrons. The number of anilines is 1. The third-order valence-corrected chi connectivity index (χ3v) is 8.26. The van der Waals surface area contributed by atoms with Crippen LogP contribution in [0.4, 0.5) is 5.13 Å². The van der Waals surface area contributed by atoms with Crippen molar-refractivity contribution in [3.05, 3.63) is 34.7 Å². The van der Waals surface area contributed by atoms with Crippen LogP contribution in [0.2, 0.25) is 0 Å². The van der Waals surface area contributed by atoms with Crippen molar-refractivity contribution in [3.8, 4) is 11.3 Å². The van der Waals surface area contributed by atoms with Crippen molar-refractivity contribution in [3.63, 3.8) is 0 Å². The van der Waals surface area contributed by atoms with E-state index >= 15 is 0 Å². The lowest BCUT2D eigenvalue weighted by Crippen LogP contribution is -2.44. The van der Waals surface area contributed by atoms with Crippen molar-refractivity contribution in [2.45, 2.75) is 70.4 Å². The lowest BCUT2D eigenvalue weighted by atomic mass is 9.63. The van der Waals surface area contributed by atoms with E-state index in [1.165, 1.54) is 29.5 Å². The maximum atomic E-state index is 10.2. The molecule has 6 heteroatoms. The van der Waals surface area contributed by atoms with Gasteiger partial charge < -0.3 is 15.1 Å². The van der Waals surface area contributed by atoms with Crippen LogP contribution in [0.1, 0.15) is 64.5 Å². The zero-order valence-electron chi connectivity index (χ0n) is 19.3. The molecule has 31 heavy (non-hydrogen) atoms. The van der Waals surface area contributed by atoms with E-state index < -0.39 is 6.23 Å². The zero-order valence-corrected chi connectivity index (χ0v) is 20.1. The summed E-state index contributed by atoms with van der Waals surface area (Å²) in [5.74, 6) is 0.230. The van der Waals surface area contributed by atoms with Crippen LogP contribution in [0.3, 0.4) is 0 Å². The molecule has 0 saturated carbocycles. The lowest BCUT2D eigenvalue weighted by molar-refractivity contribution is 0.0576. The molecule has 1 aliphatic heterocycles. The van der Waals surface area contributed by atoms with Crippen LogP contribution in [-0.2, 0) is 10.8 Å². The normalized spacial score (nSPS) is 21.7. The molecule has 4 rings (SSSR count). The van der Waals surface area contributed by atoms with Gasteiger partial charge >= 0.3 is 0 Å². The molecule has 1 fully saturated rings. The number of hydrogen-bond donors (Lipinski definition) is 3. The highest BCUT2D eigenvalue weighted by Crippen LogP contribution is 2.47. The van der Waals surface area contributed by atoms with E-state index in [0.717, 1.165) is 36.8 Å². The van der Waals surface area contributed by atoms with Gasteiger partial charge in [0.1, 0.15) is 6.23 Å². The molecule has 0 amide bonds. The first-order valence-corrected chi connectivity index (χ1v) is 12.5. The fourth-order valence-electron chi connectivity index (χ4n) is 5.08. The first-order chi connectivity index (χ1) is 14.7. The predicted molar refractivity (Wildman–Crippen MR) is 129 cm³/mol. The standard InChI is InChI=1S/C25H37N3O2S/c1-24(2)9-10-25(3,4)20-15-18(5-6-19(20)24)21-16-31-23(27-21)28-12-7-17(8-13-28)22(30)26-11-14-29/h5-6,15-17,22,26,29-30H,7-14H2,1-4H3. The van der Waals surface area contributed by atoms with Crippen LogP contribution in [0.15, 0.2) is 23.6 Å². The molecule has 0 spiro atoms. The zero-order chi connectivity index (χ0) is 22.2. The Kier molecular flexibility index (Phi) is 6.46. The Balaban J connectivity index is 1.48. The average Bonchev–Trinajstić information content (AvgIpc) is 3.25. The maximum absolute atomic E-state index is 10.2. The second-order valence-electron chi connectivity index (χ2n) is 10.5. The van der Waals surface area contributed by atoms with Gasteiger partial charge in [-0.3, -0.25) is 5.32 Å². The van der Waals surface area contributed by atoms with E-state index in [9.17, 15) is 5.11 Å². The second-order valence-corrected chi connectivity index (χ2v) is 11.3. The van der Waals surface area contributed by atoms with Gasteiger partial charge in [0.15, 0.2) is 5.13 Å². The Morgan fingerprint density at radius 2 is 1.81 bits per heavy atom. The van der Waals surface area contributed by atoms with Crippen molar-refractivity contribution in [1.29, 1.82) is 0 Å². The molecule has 2 heterocycles. The van der Waals surface area contributed by atoms with Crippen molar-refractivity contribution in [2.75, 3.05) is 31.1 Å². The number of nitrogens with zero attached hydrogens (tertiary/aromatic N) is 2.